The van der Waals surface area contributed by atoms with Gasteiger partial charge in [-0.2, -0.15) is 0 Å². The van der Waals surface area contributed by atoms with Gasteiger partial charge in [-0.15, -0.1) is 0 Å². The molecule has 0 aliphatic rings. The molecule has 1 aromatic heterocycles. The molecule has 5 heteroatoms. The lowest BCUT2D eigenvalue weighted by molar-refractivity contribution is 0.0599. The summed E-state index contributed by atoms with van der Waals surface area (Å²) in [6, 6.07) is 9.59. The van der Waals surface area contributed by atoms with Crippen LogP contribution in [0.3, 0.4) is 0 Å². The van der Waals surface area contributed by atoms with Gasteiger partial charge in [-0.1, -0.05) is 24.3 Å². The molecule has 0 spiro atoms. The number of ether oxygens (including phenoxy) is 1. The molecule has 1 aromatic carbocycles. The van der Waals surface area contributed by atoms with Crippen LogP contribution in [-0.4, -0.2) is 24.7 Å². The Labute approximate surface area is 129 Å². The number of furan rings is 1. The van der Waals surface area contributed by atoms with E-state index < -0.39 is 0 Å². The fourth-order valence-corrected chi connectivity index (χ4v) is 2.20. The van der Waals surface area contributed by atoms with Gasteiger partial charge in [0.25, 0.3) is 0 Å². The highest BCUT2D eigenvalue weighted by molar-refractivity contribution is 5.90. The maximum Gasteiger partial charge on any atom is 0.341 e. The minimum absolute atomic E-state index is 0.0684. The van der Waals surface area contributed by atoms with Crippen LogP contribution in [0.15, 0.2) is 34.7 Å². The molecular formula is C17H21NO4. The van der Waals surface area contributed by atoms with Crippen LogP contribution in [0.1, 0.15) is 33.0 Å². The number of hydrogen-bond acceptors (Lipinski definition) is 5. The highest BCUT2D eigenvalue weighted by Crippen LogP contribution is 2.15. The molecule has 2 aromatic rings. The van der Waals surface area contributed by atoms with Gasteiger partial charge >= 0.3 is 5.97 Å². The van der Waals surface area contributed by atoms with Crippen molar-refractivity contribution in [3.05, 3.63) is 58.5 Å². The zero-order valence-electron chi connectivity index (χ0n) is 12.9. The number of benzene rings is 1. The molecule has 2 N–H and O–H groups in total. The number of nitrogens with one attached hydrogen (secondary N) is 1. The third-order valence-electron chi connectivity index (χ3n) is 3.47. The molecular weight excluding hydrogens is 282 g/mol. The van der Waals surface area contributed by atoms with E-state index in [0.717, 1.165) is 18.5 Å². The Kier molecular flexibility index (Phi) is 5.75. The van der Waals surface area contributed by atoms with Gasteiger partial charge in [-0.05, 0) is 37.1 Å². The number of methoxy groups -OCH3 is 1. The van der Waals surface area contributed by atoms with Crippen LogP contribution in [0.5, 0.6) is 0 Å². The van der Waals surface area contributed by atoms with Gasteiger partial charge in [0.15, 0.2) is 0 Å². The first-order valence-electron chi connectivity index (χ1n) is 7.21. The van der Waals surface area contributed by atoms with Gasteiger partial charge < -0.3 is 19.6 Å². The van der Waals surface area contributed by atoms with Gasteiger partial charge in [0.05, 0.1) is 20.3 Å². The van der Waals surface area contributed by atoms with Crippen molar-refractivity contribution in [2.75, 3.05) is 13.7 Å². The number of aliphatic hydroxyl groups is 1. The number of aliphatic hydroxyl groups excluding tert-OH is 1. The number of rotatable bonds is 7. The topological polar surface area (TPSA) is 71.7 Å². The molecule has 0 saturated heterocycles. The standard InChI is InChI=1S/C17H21NO4/c1-12-16(17(20)21-2)9-15(22-12)10-18-8-7-13-3-5-14(11-19)6-4-13/h3-6,9,18-19H,7-8,10-11H2,1-2H3. The monoisotopic (exact) mass is 303 g/mol. The quantitative estimate of drug-likeness (QED) is 0.606. The molecule has 0 amide bonds. The van der Waals surface area contributed by atoms with E-state index in [9.17, 15) is 4.79 Å². The predicted octanol–water partition coefficient (Wildman–Crippen LogP) is 2.20. The summed E-state index contributed by atoms with van der Waals surface area (Å²) in [5.74, 6) is 0.910. The Bertz CT molecular complexity index is 616. The Morgan fingerprint density at radius 3 is 2.59 bits per heavy atom. The first-order valence-corrected chi connectivity index (χ1v) is 7.21. The minimum atomic E-state index is -0.378. The molecule has 2 rings (SSSR count). The van der Waals surface area contributed by atoms with Gasteiger partial charge in [-0.25, -0.2) is 4.79 Å². The van der Waals surface area contributed by atoms with Crippen LogP contribution < -0.4 is 5.32 Å². The van der Waals surface area contributed by atoms with E-state index in [2.05, 4.69) is 5.32 Å². The highest BCUT2D eigenvalue weighted by atomic mass is 16.5. The number of aryl methyl sites for hydroxylation is 1. The SMILES string of the molecule is COC(=O)c1cc(CNCCc2ccc(CO)cc2)oc1C. The van der Waals surface area contributed by atoms with Crippen LogP contribution in [0.2, 0.25) is 0 Å². The Morgan fingerprint density at radius 1 is 1.27 bits per heavy atom. The van der Waals surface area contributed by atoms with Gasteiger partial charge in [0.1, 0.15) is 17.1 Å². The zero-order chi connectivity index (χ0) is 15.9. The summed E-state index contributed by atoms with van der Waals surface area (Å²) in [6.45, 7) is 3.18. The van der Waals surface area contributed by atoms with E-state index in [4.69, 9.17) is 14.3 Å². The molecule has 1 heterocycles. The van der Waals surface area contributed by atoms with Gasteiger partial charge in [-0.3, -0.25) is 0 Å². The van der Waals surface area contributed by atoms with Crippen molar-refractivity contribution in [1.29, 1.82) is 0 Å². The van der Waals surface area contributed by atoms with E-state index in [0.29, 0.717) is 23.6 Å². The van der Waals surface area contributed by atoms with E-state index in [1.54, 1.807) is 13.0 Å². The van der Waals surface area contributed by atoms with Gasteiger partial charge in [0.2, 0.25) is 0 Å². The lowest BCUT2D eigenvalue weighted by Crippen LogP contribution is -2.16. The smallest absolute Gasteiger partial charge is 0.341 e. The minimum Gasteiger partial charge on any atom is -0.465 e. The lowest BCUT2D eigenvalue weighted by Gasteiger charge is -2.04. The normalized spacial score (nSPS) is 10.7. The Balaban J connectivity index is 1.80. The zero-order valence-corrected chi connectivity index (χ0v) is 12.9. The second-order valence-corrected chi connectivity index (χ2v) is 5.08. The Hall–Kier alpha value is -2.11. The van der Waals surface area contributed by atoms with Crippen molar-refractivity contribution in [3.8, 4) is 0 Å². The summed E-state index contributed by atoms with van der Waals surface area (Å²) >= 11 is 0. The molecule has 0 unspecified atom stereocenters. The highest BCUT2D eigenvalue weighted by Gasteiger charge is 2.14. The van der Waals surface area contributed by atoms with Crippen LogP contribution >= 0.6 is 0 Å². The lowest BCUT2D eigenvalue weighted by atomic mass is 10.1. The largest absolute Gasteiger partial charge is 0.465 e. The van der Waals surface area contributed by atoms with Crippen molar-refractivity contribution in [2.45, 2.75) is 26.5 Å². The van der Waals surface area contributed by atoms with Gasteiger partial charge in [0, 0.05) is 0 Å². The molecule has 0 radical (unpaired) electrons. The molecule has 22 heavy (non-hydrogen) atoms. The second-order valence-electron chi connectivity index (χ2n) is 5.08. The summed E-state index contributed by atoms with van der Waals surface area (Å²) in [5.41, 5.74) is 2.59. The molecule has 0 aliphatic heterocycles. The van der Waals surface area contributed by atoms with Crippen LogP contribution in [0.4, 0.5) is 0 Å². The third-order valence-corrected chi connectivity index (χ3v) is 3.47. The molecule has 0 bridgehead atoms. The van der Waals surface area contributed by atoms with Crippen molar-refractivity contribution in [2.24, 2.45) is 0 Å². The number of carbonyl (C=O) groups excluding carboxylic acids is 1. The average Bonchev–Trinajstić information content (AvgIpc) is 2.92. The maximum absolute atomic E-state index is 11.5. The maximum atomic E-state index is 11.5. The molecule has 0 saturated carbocycles. The fourth-order valence-electron chi connectivity index (χ4n) is 2.20. The van der Waals surface area contributed by atoms with E-state index in [-0.39, 0.29) is 12.6 Å². The van der Waals surface area contributed by atoms with Crippen molar-refractivity contribution >= 4 is 5.97 Å². The molecule has 118 valence electrons. The van der Waals surface area contributed by atoms with Crippen LogP contribution in [0, 0.1) is 6.92 Å². The number of esters is 1. The second kappa shape index (κ2) is 7.77. The Morgan fingerprint density at radius 2 is 1.95 bits per heavy atom. The number of hydrogen-bond donors (Lipinski definition) is 2. The summed E-state index contributed by atoms with van der Waals surface area (Å²) in [6.07, 6.45) is 0.884. The third kappa shape index (κ3) is 4.19. The first-order chi connectivity index (χ1) is 10.6. The molecule has 0 atom stereocenters. The van der Waals surface area contributed by atoms with Crippen molar-refractivity contribution in [1.82, 2.24) is 5.32 Å². The molecule has 0 fully saturated rings. The summed E-state index contributed by atoms with van der Waals surface area (Å²) < 4.78 is 10.2. The molecule has 5 nitrogen and oxygen atoms in total. The average molecular weight is 303 g/mol. The summed E-state index contributed by atoms with van der Waals surface area (Å²) in [5, 5.41) is 12.3. The predicted molar refractivity (Wildman–Crippen MR) is 82.6 cm³/mol. The molecule has 0 aliphatic carbocycles. The summed E-state index contributed by atoms with van der Waals surface area (Å²) in [4.78, 5) is 11.5. The van der Waals surface area contributed by atoms with E-state index in [1.165, 1.54) is 12.7 Å². The summed E-state index contributed by atoms with van der Waals surface area (Å²) in [7, 11) is 1.36. The fraction of sp³-hybridized carbons (Fsp3) is 0.353. The number of carbonyl (C=O) groups is 1. The van der Waals surface area contributed by atoms with E-state index in [1.807, 2.05) is 24.3 Å². The first kappa shape index (κ1) is 16.3. The van der Waals surface area contributed by atoms with Crippen molar-refractivity contribution in [3.63, 3.8) is 0 Å². The van der Waals surface area contributed by atoms with Crippen molar-refractivity contribution < 1.29 is 19.1 Å². The van der Waals surface area contributed by atoms with E-state index >= 15 is 0 Å². The van der Waals surface area contributed by atoms with Crippen LogP contribution in [0.25, 0.3) is 0 Å². The van der Waals surface area contributed by atoms with Crippen LogP contribution in [-0.2, 0) is 24.3 Å².